The zero-order chi connectivity index (χ0) is 20.5. The second-order valence-electron chi connectivity index (χ2n) is 6.17. The van der Waals surface area contributed by atoms with Crippen LogP contribution in [0.2, 0.25) is 0 Å². The summed E-state index contributed by atoms with van der Waals surface area (Å²) in [5.41, 5.74) is 1.98. The first kappa shape index (κ1) is 21.0. The average molecular weight is 384 g/mol. The zero-order valence-corrected chi connectivity index (χ0v) is 16.2. The number of anilines is 1. The maximum Gasteiger partial charge on any atom is 0.342 e. The van der Waals surface area contributed by atoms with E-state index >= 15 is 0 Å². The Kier molecular flexibility index (Phi) is 7.56. The molecule has 0 fully saturated rings. The summed E-state index contributed by atoms with van der Waals surface area (Å²) in [6.45, 7) is 3.55. The normalized spacial score (nSPS) is 10.1. The molecule has 0 aromatic heterocycles. The van der Waals surface area contributed by atoms with Crippen molar-refractivity contribution in [1.29, 1.82) is 0 Å². The van der Waals surface area contributed by atoms with Crippen LogP contribution in [0.5, 0.6) is 5.75 Å². The number of amides is 2. The van der Waals surface area contributed by atoms with Crippen LogP contribution in [-0.2, 0) is 14.3 Å². The average Bonchev–Trinajstić information content (AvgIpc) is 2.68. The molecule has 0 heterocycles. The minimum Gasteiger partial charge on any atom is -0.493 e. The Bertz CT molecular complexity index is 833. The summed E-state index contributed by atoms with van der Waals surface area (Å²) in [5, 5.41) is 2.71. The fourth-order valence-electron chi connectivity index (χ4n) is 2.37. The van der Waals surface area contributed by atoms with Gasteiger partial charge in [-0.15, -0.1) is 0 Å². The number of carbonyl (C=O) groups is 3. The van der Waals surface area contributed by atoms with Gasteiger partial charge in [0.2, 0.25) is 5.91 Å². The van der Waals surface area contributed by atoms with Crippen LogP contribution in [0.4, 0.5) is 5.69 Å². The molecule has 0 saturated heterocycles. The lowest BCUT2D eigenvalue weighted by atomic mass is 10.2. The molecule has 0 saturated carbocycles. The van der Waals surface area contributed by atoms with Gasteiger partial charge in [-0.25, -0.2) is 4.79 Å². The lowest BCUT2D eigenvalue weighted by Crippen LogP contribution is -2.37. The number of hydrogen-bond donors (Lipinski definition) is 1. The number of nitrogens with one attached hydrogen (secondary N) is 1. The molecule has 2 rings (SSSR count). The molecule has 2 aromatic carbocycles. The summed E-state index contributed by atoms with van der Waals surface area (Å²) < 4.78 is 10.4. The summed E-state index contributed by atoms with van der Waals surface area (Å²) >= 11 is 0. The third kappa shape index (κ3) is 6.12. The number of rotatable bonds is 8. The molecule has 7 heteroatoms. The van der Waals surface area contributed by atoms with Gasteiger partial charge in [-0.3, -0.25) is 9.59 Å². The Morgan fingerprint density at radius 3 is 2.39 bits per heavy atom. The van der Waals surface area contributed by atoms with Crippen molar-refractivity contribution in [2.45, 2.75) is 13.8 Å². The minimum absolute atomic E-state index is 0.153. The van der Waals surface area contributed by atoms with Crippen LogP contribution in [0.3, 0.4) is 0 Å². The molecule has 0 unspecified atom stereocenters. The standard InChI is InChI=1S/C21H24N2O5/c1-4-27-18-8-6-5-7-17(18)21(26)28-14-20(25)23(3)13-19(24)22-16-11-9-15(2)10-12-16/h5-12H,4,13-14H2,1-3H3,(H,22,24). The first-order chi connectivity index (χ1) is 13.4. The maximum atomic E-state index is 12.2. The van der Waals surface area contributed by atoms with E-state index in [0.29, 0.717) is 18.0 Å². The van der Waals surface area contributed by atoms with Crippen LogP contribution >= 0.6 is 0 Å². The van der Waals surface area contributed by atoms with Gasteiger partial charge in [-0.1, -0.05) is 29.8 Å². The second-order valence-corrected chi connectivity index (χ2v) is 6.17. The summed E-state index contributed by atoms with van der Waals surface area (Å²) in [6.07, 6.45) is 0. The number of aryl methyl sites for hydroxylation is 1. The molecule has 0 spiro atoms. The molecule has 2 aromatic rings. The maximum absolute atomic E-state index is 12.2. The molecule has 148 valence electrons. The third-order valence-corrected chi connectivity index (χ3v) is 3.88. The van der Waals surface area contributed by atoms with Crippen molar-refractivity contribution >= 4 is 23.5 Å². The number of esters is 1. The van der Waals surface area contributed by atoms with Gasteiger partial charge in [-0.05, 0) is 38.1 Å². The van der Waals surface area contributed by atoms with Crippen molar-refractivity contribution in [2.75, 3.05) is 32.1 Å². The number of carbonyl (C=O) groups excluding carboxylic acids is 3. The van der Waals surface area contributed by atoms with E-state index in [-0.39, 0.29) is 18.0 Å². The molecule has 0 aliphatic carbocycles. The monoisotopic (exact) mass is 384 g/mol. The molecule has 2 amide bonds. The predicted molar refractivity (Wildman–Crippen MR) is 105 cm³/mol. The highest BCUT2D eigenvalue weighted by atomic mass is 16.5. The highest BCUT2D eigenvalue weighted by Crippen LogP contribution is 2.18. The van der Waals surface area contributed by atoms with E-state index in [2.05, 4.69) is 5.32 Å². The molecule has 0 aliphatic rings. The highest BCUT2D eigenvalue weighted by molar-refractivity contribution is 5.96. The van der Waals surface area contributed by atoms with E-state index in [1.807, 2.05) is 26.0 Å². The van der Waals surface area contributed by atoms with E-state index in [9.17, 15) is 14.4 Å². The highest BCUT2D eigenvalue weighted by Gasteiger charge is 2.18. The van der Waals surface area contributed by atoms with Crippen molar-refractivity contribution in [3.8, 4) is 5.75 Å². The Morgan fingerprint density at radius 1 is 1.04 bits per heavy atom. The quantitative estimate of drug-likeness (QED) is 0.708. The molecular weight excluding hydrogens is 360 g/mol. The molecule has 0 aliphatic heterocycles. The Hall–Kier alpha value is -3.35. The fourth-order valence-corrected chi connectivity index (χ4v) is 2.37. The van der Waals surface area contributed by atoms with E-state index in [0.717, 1.165) is 5.56 Å². The summed E-state index contributed by atoms with van der Waals surface area (Å²) in [6, 6.07) is 14.0. The Balaban J connectivity index is 1.84. The lowest BCUT2D eigenvalue weighted by molar-refractivity contribution is -0.136. The van der Waals surface area contributed by atoms with Crippen LogP contribution in [0, 0.1) is 6.92 Å². The van der Waals surface area contributed by atoms with Gasteiger partial charge >= 0.3 is 5.97 Å². The number of ether oxygens (including phenoxy) is 2. The van der Waals surface area contributed by atoms with E-state index in [4.69, 9.17) is 9.47 Å². The van der Waals surface area contributed by atoms with Crippen LogP contribution in [-0.4, -0.2) is 49.5 Å². The van der Waals surface area contributed by atoms with Gasteiger partial charge < -0.3 is 19.7 Å². The van der Waals surface area contributed by atoms with E-state index in [1.165, 1.54) is 11.9 Å². The van der Waals surface area contributed by atoms with Gasteiger partial charge in [0.05, 0.1) is 13.2 Å². The van der Waals surface area contributed by atoms with Crippen molar-refractivity contribution in [1.82, 2.24) is 4.90 Å². The minimum atomic E-state index is -0.657. The molecule has 1 N–H and O–H groups in total. The molecule has 0 bridgehead atoms. The molecule has 0 radical (unpaired) electrons. The van der Waals surface area contributed by atoms with Gasteiger partial charge in [-0.2, -0.15) is 0 Å². The van der Waals surface area contributed by atoms with E-state index < -0.39 is 18.5 Å². The van der Waals surface area contributed by atoms with Gasteiger partial charge in [0, 0.05) is 12.7 Å². The summed E-state index contributed by atoms with van der Waals surface area (Å²) in [5.74, 6) is -1.09. The summed E-state index contributed by atoms with van der Waals surface area (Å²) in [4.78, 5) is 37.6. The fraction of sp³-hybridized carbons (Fsp3) is 0.286. The van der Waals surface area contributed by atoms with E-state index in [1.54, 1.807) is 36.4 Å². The number of benzene rings is 2. The first-order valence-electron chi connectivity index (χ1n) is 8.90. The van der Waals surface area contributed by atoms with Gasteiger partial charge in [0.15, 0.2) is 6.61 Å². The summed E-state index contributed by atoms with van der Waals surface area (Å²) in [7, 11) is 1.47. The van der Waals surface area contributed by atoms with Crippen molar-refractivity contribution < 1.29 is 23.9 Å². The lowest BCUT2D eigenvalue weighted by Gasteiger charge is -2.17. The Morgan fingerprint density at radius 2 is 1.71 bits per heavy atom. The van der Waals surface area contributed by atoms with Crippen LogP contribution in [0.25, 0.3) is 0 Å². The number of nitrogens with zero attached hydrogens (tertiary/aromatic N) is 1. The smallest absolute Gasteiger partial charge is 0.342 e. The number of likely N-dealkylation sites (N-methyl/N-ethyl adjacent to an activating group) is 1. The molecule has 0 atom stereocenters. The van der Waals surface area contributed by atoms with Crippen molar-refractivity contribution in [2.24, 2.45) is 0 Å². The van der Waals surface area contributed by atoms with Gasteiger partial charge in [0.1, 0.15) is 11.3 Å². The Labute approximate surface area is 164 Å². The molecule has 28 heavy (non-hydrogen) atoms. The predicted octanol–water partition coefficient (Wildman–Crippen LogP) is 2.65. The zero-order valence-electron chi connectivity index (χ0n) is 16.2. The molecule has 7 nitrogen and oxygen atoms in total. The van der Waals surface area contributed by atoms with Crippen LogP contribution in [0.15, 0.2) is 48.5 Å². The van der Waals surface area contributed by atoms with Gasteiger partial charge in [0.25, 0.3) is 5.91 Å². The van der Waals surface area contributed by atoms with Crippen molar-refractivity contribution in [3.05, 3.63) is 59.7 Å². The van der Waals surface area contributed by atoms with Crippen molar-refractivity contribution in [3.63, 3.8) is 0 Å². The first-order valence-corrected chi connectivity index (χ1v) is 8.90. The third-order valence-electron chi connectivity index (χ3n) is 3.88. The second kappa shape index (κ2) is 10.1. The van der Waals surface area contributed by atoms with Crippen LogP contribution < -0.4 is 10.1 Å². The SMILES string of the molecule is CCOc1ccccc1C(=O)OCC(=O)N(C)CC(=O)Nc1ccc(C)cc1. The van der Waals surface area contributed by atoms with Crippen LogP contribution in [0.1, 0.15) is 22.8 Å². The number of para-hydroxylation sites is 1. The number of hydrogen-bond acceptors (Lipinski definition) is 5. The molecular formula is C21H24N2O5. The largest absolute Gasteiger partial charge is 0.493 e. The topological polar surface area (TPSA) is 84.9 Å².